The van der Waals surface area contributed by atoms with Crippen LogP contribution < -0.4 is 5.32 Å². The third-order valence-corrected chi connectivity index (χ3v) is 3.83. The molecule has 2 rings (SSSR count). The van der Waals surface area contributed by atoms with Crippen LogP contribution in [0, 0.1) is 20.8 Å². The Balaban J connectivity index is 2.51. The molecule has 0 saturated carbocycles. The maximum atomic E-state index is 4.36. The summed E-state index contributed by atoms with van der Waals surface area (Å²) in [6.45, 7) is 9.25. The summed E-state index contributed by atoms with van der Waals surface area (Å²) in [4.78, 5) is 1.29. The van der Waals surface area contributed by atoms with Crippen molar-refractivity contribution in [3.05, 3.63) is 27.5 Å². The molecule has 2 aromatic heterocycles. The van der Waals surface area contributed by atoms with Crippen LogP contribution in [-0.4, -0.2) is 16.7 Å². The quantitative estimate of drug-likeness (QED) is 0.901. The summed E-state index contributed by atoms with van der Waals surface area (Å²) in [6, 6.07) is 2.11. The van der Waals surface area contributed by atoms with Gasteiger partial charge in [-0.2, -0.15) is 0 Å². The van der Waals surface area contributed by atoms with Crippen molar-refractivity contribution >= 4 is 17.2 Å². The summed E-state index contributed by atoms with van der Waals surface area (Å²) in [5.74, 6) is 0.890. The highest BCUT2D eigenvalue weighted by Crippen LogP contribution is 2.30. The Kier molecular flexibility index (Phi) is 3.43. The van der Waals surface area contributed by atoms with Crippen molar-refractivity contribution in [3.63, 3.8) is 0 Å². The van der Waals surface area contributed by atoms with Crippen molar-refractivity contribution in [2.24, 2.45) is 0 Å². The number of aromatic nitrogens is 2. The first-order valence-electron chi connectivity index (χ1n) is 5.77. The monoisotopic (exact) mass is 247 g/mol. The van der Waals surface area contributed by atoms with Crippen LogP contribution in [0.4, 0.5) is 5.82 Å². The van der Waals surface area contributed by atoms with E-state index in [1.165, 1.54) is 21.6 Å². The maximum Gasteiger partial charge on any atom is 0.151 e. The normalized spacial score (nSPS) is 10.6. The molecule has 2 aromatic rings. The Morgan fingerprint density at radius 2 is 1.94 bits per heavy atom. The lowest BCUT2D eigenvalue weighted by Crippen LogP contribution is -2.06. The molecule has 3 nitrogen and oxygen atoms in total. The lowest BCUT2D eigenvalue weighted by atomic mass is 10.0. The van der Waals surface area contributed by atoms with Gasteiger partial charge in [-0.15, -0.1) is 21.5 Å². The summed E-state index contributed by atoms with van der Waals surface area (Å²) >= 11 is 1.74. The lowest BCUT2D eigenvalue weighted by molar-refractivity contribution is 0.987. The van der Waals surface area contributed by atoms with Crippen LogP contribution in [-0.2, 0) is 0 Å². The molecule has 0 fully saturated rings. The van der Waals surface area contributed by atoms with Crippen LogP contribution in [0.3, 0.4) is 0 Å². The van der Waals surface area contributed by atoms with E-state index in [1.54, 1.807) is 11.3 Å². The summed E-state index contributed by atoms with van der Waals surface area (Å²) in [5.41, 5.74) is 4.59. The SMILES string of the molecule is CCNc1nnc(-c2ccsc2C)c(C)c1C. The van der Waals surface area contributed by atoms with Crippen molar-refractivity contribution in [3.8, 4) is 11.3 Å². The molecule has 0 aromatic carbocycles. The van der Waals surface area contributed by atoms with Gasteiger partial charge in [-0.1, -0.05) is 0 Å². The van der Waals surface area contributed by atoms with E-state index in [1.807, 2.05) is 0 Å². The van der Waals surface area contributed by atoms with Gasteiger partial charge in [-0.05, 0) is 50.3 Å². The summed E-state index contributed by atoms with van der Waals surface area (Å²) in [6.07, 6.45) is 0. The molecule has 0 aliphatic rings. The van der Waals surface area contributed by atoms with Crippen molar-refractivity contribution in [1.82, 2.24) is 10.2 Å². The number of nitrogens with one attached hydrogen (secondary N) is 1. The molecule has 2 heterocycles. The second-order valence-corrected chi connectivity index (χ2v) is 5.19. The highest BCUT2D eigenvalue weighted by Gasteiger charge is 2.13. The smallest absolute Gasteiger partial charge is 0.151 e. The van der Waals surface area contributed by atoms with E-state index in [0.29, 0.717) is 0 Å². The Morgan fingerprint density at radius 1 is 1.18 bits per heavy atom. The molecular formula is C13H17N3S. The van der Waals surface area contributed by atoms with Gasteiger partial charge in [0.2, 0.25) is 0 Å². The van der Waals surface area contributed by atoms with Crippen LogP contribution in [0.15, 0.2) is 11.4 Å². The minimum absolute atomic E-state index is 0.867. The van der Waals surface area contributed by atoms with Crippen molar-refractivity contribution in [2.75, 3.05) is 11.9 Å². The number of thiophene rings is 1. The molecule has 0 aliphatic heterocycles. The zero-order chi connectivity index (χ0) is 12.4. The molecule has 90 valence electrons. The van der Waals surface area contributed by atoms with Crippen LogP contribution >= 0.6 is 11.3 Å². The van der Waals surface area contributed by atoms with E-state index < -0.39 is 0 Å². The van der Waals surface area contributed by atoms with E-state index in [4.69, 9.17) is 0 Å². The molecule has 17 heavy (non-hydrogen) atoms. The number of hydrogen-bond acceptors (Lipinski definition) is 4. The molecule has 0 radical (unpaired) electrons. The predicted octanol–water partition coefficient (Wildman–Crippen LogP) is 3.56. The first kappa shape index (κ1) is 12.0. The van der Waals surface area contributed by atoms with Gasteiger partial charge in [-0.25, -0.2) is 0 Å². The zero-order valence-corrected chi connectivity index (χ0v) is 11.5. The van der Waals surface area contributed by atoms with Gasteiger partial charge in [-0.3, -0.25) is 0 Å². The molecule has 4 heteroatoms. The van der Waals surface area contributed by atoms with Gasteiger partial charge < -0.3 is 5.32 Å². The molecule has 0 saturated heterocycles. The number of aryl methyl sites for hydroxylation is 1. The molecule has 0 bridgehead atoms. The Labute approximate surface area is 106 Å². The van der Waals surface area contributed by atoms with Gasteiger partial charge in [0.1, 0.15) is 0 Å². The van der Waals surface area contributed by atoms with Crippen molar-refractivity contribution < 1.29 is 0 Å². The molecule has 0 spiro atoms. The average Bonchev–Trinajstić information content (AvgIpc) is 2.72. The van der Waals surface area contributed by atoms with Crippen molar-refractivity contribution in [1.29, 1.82) is 0 Å². The third-order valence-electron chi connectivity index (χ3n) is 2.98. The first-order valence-corrected chi connectivity index (χ1v) is 6.65. The van der Waals surface area contributed by atoms with Crippen molar-refractivity contribution in [2.45, 2.75) is 27.7 Å². The van der Waals surface area contributed by atoms with Crippen LogP contribution in [0.2, 0.25) is 0 Å². The molecule has 0 aliphatic carbocycles. The molecule has 0 amide bonds. The lowest BCUT2D eigenvalue weighted by Gasteiger charge is -2.11. The molecule has 0 atom stereocenters. The number of nitrogens with zero attached hydrogens (tertiary/aromatic N) is 2. The van der Waals surface area contributed by atoms with E-state index in [0.717, 1.165) is 18.1 Å². The van der Waals surface area contributed by atoms with Gasteiger partial charge in [0, 0.05) is 17.0 Å². The minimum Gasteiger partial charge on any atom is -0.369 e. The third kappa shape index (κ3) is 2.17. The van der Waals surface area contributed by atoms with Crippen LogP contribution in [0.25, 0.3) is 11.3 Å². The van der Waals surface area contributed by atoms with Gasteiger partial charge in [0.15, 0.2) is 5.82 Å². The first-order chi connectivity index (χ1) is 8.15. The molecule has 0 unspecified atom stereocenters. The minimum atomic E-state index is 0.867. The number of hydrogen-bond donors (Lipinski definition) is 1. The second-order valence-electron chi connectivity index (χ2n) is 4.07. The Hall–Kier alpha value is -1.42. The highest BCUT2D eigenvalue weighted by atomic mass is 32.1. The number of rotatable bonds is 3. The summed E-state index contributed by atoms with van der Waals surface area (Å²) in [7, 11) is 0. The molecule has 1 N–H and O–H groups in total. The standard InChI is InChI=1S/C13H17N3S/c1-5-14-13-9(3)8(2)12(15-16-13)11-6-7-17-10(11)4/h6-7H,5H2,1-4H3,(H,14,16). The second kappa shape index (κ2) is 4.84. The predicted molar refractivity (Wildman–Crippen MR) is 73.7 cm³/mol. The fourth-order valence-electron chi connectivity index (χ4n) is 1.83. The topological polar surface area (TPSA) is 37.8 Å². The highest BCUT2D eigenvalue weighted by molar-refractivity contribution is 7.10. The number of anilines is 1. The molecular weight excluding hydrogens is 230 g/mol. The van der Waals surface area contributed by atoms with E-state index in [9.17, 15) is 0 Å². The van der Waals surface area contributed by atoms with E-state index in [-0.39, 0.29) is 0 Å². The van der Waals surface area contributed by atoms with Crippen LogP contribution in [0.1, 0.15) is 22.9 Å². The van der Waals surface area contributed by atoms with E-state index >= 15 is 0 Å². The Bertz CT molecular complexity index is 531. The maximum absolute atomic E-state index is 4.36. The summed E-state index contributed by atoms with van der Waals surface area (Å²) < 4.78 is 0. The largest absolute Gasteiger partial charge is 0.369 e. The van der Waals surface area contributed by atoms with Crippen LogP contribution in [0.5, 0.6) is 0 Å². The van der Waals surface area contributed by atoms with E-state index in [2.05, 4.69) is 54.7 Å². The van der Waals surface area contributed by atoms with Gasteiger partial charge in [0.25, 0.3) is 0 Å². The zero-order valence-electron chi connectivity index (χ0n) is 10.7. The fourth-order valence-corrected chi connectivity index (χ4v) is 2.53. The van der Waals surface area contributed by atoms with Gasteiger partial charge >= 0.3 is 0 Å². The van der Waals surface area contributed by atoms with Gasteiger partial charge in [0.05, 0.1) is 5.69 Å². The summed E-state index contributed by atoms with van der Waals surface area (Å²) in [5, 5.41) is 14.0. The fraction of sp³-hybridized carbons (Fsp3) is 0.385. The average molecular weight is 247 g/mol. The Morgan fingerprint density at radius 3 is 2.53 bits per heavy atom.